The Bertz CT molecular complexity index is 404. The molecule has 112 valence electrons. The van der Waals surface area contributed by atoms with E-state index in [0.717, 1.165) is 12.2 Å². The van der Waals surface area contributed by atoms with Crippen LogP contribution < -0.4 is 4.74 Å². The van der Waals surface area contributed by atoms with E-state index in [4.69, 9.17) is 14.2 Å². The van der Waals surface area contributed by atoms with Gasteiger partial charge in [0.05, 0.1) is 6.61 Å². The zero-order valence-corrected chi connectivity index (χ0v) is 12.4. The number of benzene rings is 1. The summed E-state index contributed by atoms with van der Waals surface area (Å²) < 4.78 is 16.5. The Morgan fingerprint density at radius 3 is 2.60 bits per heavy atom. The van der Waals surface area contributed by atoms with Crippen molar-refractivity contribution < 1.29 is 19.3 Å². The molecule has 1 heterocycles. The Hall–Kier alpha value is -1.10. The lowest BCUT2D eigenvalue weighted by molar-refractivity contribution is -0.0239. The number of hydrogen-bond donors (Lipinski definition) is 1. The van der Waals surface area contributed by atoms with Gasteiger partial charge in [0.15, 0.2) is 6.29 Å². The normalized spacial score (nSPS) is 23.4. The third kappa shape index (κ3) is 4.20. The minimum Gasteiger partial charge on any atom is -0.491 e. The molecule has 1 aliphatic rings. The molecular weight excluding hydrogens is 256 g/mol. The van der Waals surface area contributed by atoms with E-state index in [1.165, 1.54) is 0 Å². The van der Waals surface area contributed by atoms with Crippen molar-refractivity contribution in [3.63, 3.8) is 0 Å². The van der Waals surface area contributed by atoms with Gasteiger partial charge in [-0.25, -0.2) is 0 Å². The van der Waals surface area contributed by atoms with Gasteiger partial charge in [-0.15, -0.1) is 0 Å². The molecule has 4 nitrogen and oxygen atoms in total. The van der Waals surface area contributed by atoms with Crippen molar-refractivity contribution in [3.8, 4) is 5.75 Å². The van der Waals surface area contributed by atoms with Crippen molar-refractivity contribution in [3.05, 3.63) is 30.3 Å². The van der Waals surface area contributed by atoms with E-state index < -0.39 is 6.10 Å². The molecule has 0 spiro atoms. The second-order valence-electron chi connectivity index (χ2n) is 5.88. The van der Waals surface area contributed by atoms with Gasteiger partial charge in [-0.2, -0.15) is 0 Å². The molecular formula is C16H24O4. The highest BCUT2D eigenvalue weighted by atomic mass is 16.8. The van der Waals surface area contributed by atoms with Crippen molar-refractivity contribution >= 4 is 0 Å². The van der Waals surface area contributed by atoms with Crippen molar-refractivity contribution in [1.82, 2.24) is 0 Å². The first-order chi connectivity index (χ1) is 9.53. The molecule has 1 saturated heterocycles. The number of aliphatic hydroxyl groups excluding tert-OH is 1. The Balaban J connectivity index is 1.63. The Morgan fingerprint density at radius 2 is 1.95 bits per heavy atom. The number of aliphatic hydroxyl groups is 1. The molecule has 1 aliphatic heterocycles. The highest BCUT2D eigenvalue weighted by Gasteiger charge is 2.49. The van der Waals surface area contributed by atoms with E-state index in [1.807, 2.05) is 30.3 Å². The van der Waals surface area contributed by atoms with Crippen LogP contribution >= 0.6 is 0 Å². The second kappa shape index (κ2) is 6.57. The molecule has 1 fully saturated rings. The summed E-state index contributed by atoms with van der Waals surface area (Å²) in [5, 5.41) is 9.83. The first kappa shape index (κ1) is 15.3. The third-order valence-corrected chi connectivity index (χ3v) is 3.77. The van der Waals surface area contributed by atoms with Crippen molar-refractivity contribution in [2.75, 3.05) is 13.2 Å². The minimum absolute atomic E-state index is 0.121. The number of ether oxygens (including phenoxy) is 3. The second-order valence-corrected chi connectivity index (χ2v) is 5.88. The van der Waals surface area contributed by atoms with Crippen molar-refractivity contribution in [1.29, 1.82) is 0 Å². The van der Waals surface area contributed by atoms with Crippen LogP contribution in [0.1, 0.15) is 27.2 Å². The maximum Gasteiger partial charge on any atom is 0.185 e. The molecule has 2 unspecified atom stereocenters. The number of para-hydroxylation sites is 1. The van der Waals surface area contributed by atoms with E-state index >= 15 is 0 Å². The quantitative estimate of drug-likeness (QED) is 0.744. The average Bonchev–Trinajstić information content (AvgIpc) is 3.24. The van der Waals surface area contributed by atoms with Gasteiger partial charge in [0, 0.05) is 0 Å². The van der Waals surface area contributed by atoms with Gasteiger partial charge >= 0.3 is 0 Å². The molecule has 0 radical (unpaired) electrons. The third-order valence-electron chi connectivity index (χ3n) is 3.77. The molecule has 1 aromatic carbocycles. The van der Waals surface area contributed by atoms with Gasteiger partial charge in [-0.05, 0) is 24.0 Å². The highest BCUT2D eigenvalue weighted by molar-refractivity contribution is 5.20. The Labute approximate surface area is 120 Å². The lowest BCUT2D eigenvalue weighted by atomic mass is 9.86. The van der Waals surface area contributed by atoms with Gasteiger partial charge < -0.3 is 19.3 Å². The van der Waals surface area contributed by atoms with E-state index in [1.54, 1.807) is 0 Å². The van der Waals surface area contributed by atoms with Crippen LogP contribution in [0.3, 0.4) is 0 Å². The lowest BCUT2D eigenvalue weighted by Crippen LogP contribution is -2.26. The van der Waals surface area contributed by atoms with Crippen LogP contribution in [-0.4, -0.2) is 36.8 Å². The van der Waals surface area contributed by atoms with E-state index in [9.17, 15) is 5.11 Å². The molecule has 4 heteroatoms. The fraction of sp³-hybridized carbons (Fsp3) is 0.625. The molecule has 20 heavy (non-hydrogen) atoms. The Morgan fingerprint density at radius 1 is 1.25 bits per heavy atom. The summed E-state index contributed by atoms with van der Waals surface area (Å²) in [7, 11) is 0. The topological polar surface area (TPSA) is 51.2 Å². The van der Waals surface area contributed by atoms with E-state index in [-0.39, 0.29) is 31.0 Å². The molecule has 0 aliphatic carbocycles. The smallest absolute Gasteiger partial charge is 0.185 e. The maximum atomic E-state index is 9.83. The molecule has 0 amide bonds. The van der Waals surface area contributed by atoms with Crippen LogP contribution in [0.5, 0.6) is 5.75 Å². The zero-order chi connectivity index (χ0) is 14.6. The molecule has 3 atom stereocenters. The summed E-state index contributed by atoms with van der Waals surface area (Å²) in [5.41, 5.74) is 0.121. The molecule has 2 rings (SSSR count). The van der Waals surface area contributed by atoms with Gasteiger partial charge in [0.2, 0.25) is 0 Å². The van der Waals surface area contributed by atoms with Gasteiger partial charge in [0.25, 0.3) is 0 Å². The fourth-order valence-corrected chi connectivity index (χ4v) is 1.94. The molecule has 0 aromatic heterocycles. The molecule has 1 N–H and O–H groups in total. The lowest BCUT2D eigenvalue weighted by Gasteiger charge is -2.19. The van der Waals surface area contributed by atoms with E-state index in [2.05, 4.69) is 20.8 Å². The summed E-state index contributed by atoms with van der Waals surface area (Å²) >= 11 is 0. The van der Waals surface area contributed by atoms with Crippen LogP contribution in [0.25, 0.3) is 0 Å². The maximum absolute atomic E-state index is 9.83. The van der Waals surface area contributed by atoms with Gasteiger partial charge in [0.1, 0.15) is 24.6 Å². The summed E-state index contributed by atoms with van der Waals surface area (Å²) in [4.78, 5) is 0. The molecule has 0 bridgehead atoms. The van der Waals surface area contributed by atoms with Gasteiger partial charge in [-0.1, -0.05) is 39.0 Å². The zero-order valence-electron chi connectivity index (χ0n) is 12.4. The first-order valence-electron chi connectivity index (χ1n) is 7.16. The number of epoxide rings is 1. The predicted molar refractivity (Wildman–Crippen MR) is 76.6 cm³/mol. The van der Waals surface area contributed by atoms with Crippen LogP contribution in [0.4, 0.5) is 0 Å². The summed E-state index contributed by atoms with van der Waals surface area (Å²) in [6, 6.07) is 9.43. The highest BCUT2D eigenvalue weighted by Crippen LogP contribution is 2.41. The average molecular weight is 280 g/mol. The molecule has 0 saturated carbocycles. The van der Waals surface area contributed by atoms with Crippen LogP contribution in [-0.2, 0) is 9.47 Å². The van der Waals surface area contributed by atoms with E-state index in [0.29, 0.717) is 0 Å². The largest absolute Gasteiger partial charge is 0.491 e. The Kier molecular flexibility index (Phi) is 5.02. The SMILES string of the molecule is CCC(C)(C)C1OC1OC[C@@H](O)COc1ccccc1. The first-order valence-corrected chi connectivity index (χ1v) is 7.16. The van der Waals surface area contributed by atoms with Gasteiger partial charge in [-0.3, -0.25) is 0 Å². The predicted octanol–water partition coefficient (Wildman–Crippen LogP) is 2.60. The van der Waals surface area contributed by atoms with Crippen molar-refractivity contribution in [2.45, 2.75) is 45.7 Å². The molecule has 1 aromatic rings. The van der Waals surface area contributed by atoms with Crippen molar-refractivity contribution in [2.24, 2.45) is 5.41 Å². The summed E-state index contributed by atoms with van der Waals surface area (Å²) in [6.07, 6.45) is 0.341. The standard InChI is InChI=1S/C16H24O4/c1-4-16(2,3)14-15(20-14)19-11-12(17)10-18-13-8-6-5-7-9-13/h5-9,12,14-15,17H,4,10-11H2,1-3H3/t12-,14?,15?/m0/s1. The number of hydrogen-bond acceptors (Lipinski definition) is 4. The number of rotatable bonds is 8. The fourth-order valence-electron chi connectivity index (χ4n) is 1.94. The van der Waals surface area contributed by atoms with Crippen LogP contribution in [0.2, 0.25) is 0 Å². The monoisotopic (exact) mass is 280 g/mol. The summed E-state index contributed by atoms with van der Waals surface area (Å²) in [6.45, 7) is 6.92. The minimum atomic E-state index is -0.648. The van der Waals surface area contributed by atoms with Crippen LogP contribution in [0, 0.1) is 5.41 Å². The summed E-state index contributed by atoms with van der Waals surface area (Å²) in [5.74, 6) is 0.749. The van der Waals surface area contributed by atoms with Crippen LogP contribution in [0.15, 0.2) is 30.3 Å².